The summed E-state index contributed by atoms with van der Waals surface area (Å²) in [5, 5.41) is 9.63. The van der Waals surface area contributed by atoms with Crippen molar-refractivity contribution in [1.29, 1.82) is 0 Å². The van der Waals surface area contributed by atoms with Crippen molar-refractivity contribution >= 4 is 5.97 Å². The van der Waals surface area contributed by atoms with Gasteiger partial charge >= 0.3 is 5.97 Å². The molecule has 2 aromatic carbocycles. The molecule has 0 bridgehead atoms. The molecule has 3 atom stereocenters. The number of phenols is 1. The second-order valence-electron chi connectivity index (χ2n) is 9.07. The largest absolute Gasteiger partial charge is 0.508 e. The van der Waals surface area contributed by atoms with Crippen LogP contribution in [0.2, 0.25) is 0 Å². The van der Waals surface area contributed by atoms with Gasteiger partial charge in [0.15, 0.2) is 0 Å². The molecule has 0 aromatic heterocycles. The molecule has 4 nitrogen and oxygen atoms in total. The third-order valence-electron chi connectivity index (χ3n) is 5.46. The molecule has 0 amide bonds. The predicted octanol–water partition coefficient (Wildman–Crippen LogP) is 6.44. The molecule has 0 aliphatic heterocycles. The Morgan fingerprint density at radius 3 is 1.97 bits per heavy atom. The van der Waals surface area contributed by atoms with E-state index < -0.39 is 5.60 Å². The van der Waals surface area contributed by atoms with Gasteiger partial charge in [-0.25, -0.2) is 0 Å². The average molecular weight is 413 g/mol. The second kappa shape index (κ2) is 10.5. The van der Waals surface area contributed by atoms with Crippen molar-refractivity contribution in [3.63, 3.8) is 0 Å². The molecule has 0 radical (unpaired) electrons. The van der Waals surface area contributed by atoms with Gasteiger partial charge in [-0.1, -0.05) is 38.1 Å². The van der Waals surface area contributed by atoms with Crippen LogP contribution in [0.5, 0.6) is 11.5 Å². The number of carbonyl (C=O) groups excluding carboxylic acids is 1. The highest BCUT2D eigenvalue weighted by Crippen LogP contribution is 2.37. The van der Waals surface area contributed by atoms with Gasteiger partial charge in [0, 0.05) is 0 Å². The zero-order valence-corrected chi connectivity index (χ0v) is 19.1. The van der Waals surface area contributed by atoms with Crippen LogP contribution in [0.25, 0.3) is 0 Å². The molecule has 4 heteroatoms. The van der Waals surface area contributed by atoms with Gasteiger partial charge in [-0.15, -0.1) is 0 Å². The summed E-state index contributed by atoms with van der Waals surface area (Å²) in [7, 11) is 1.66. The Morgan fingerprint density at radius 1 is 0.933 bits per heavy atom. The van der Waals surface area contributed by atoms with Gasteiger partial charge in [0.05, 0.1) is 13.0 Å². The Bertz CT molecular complexity index is 787. The molecular formula is C26H36O4. The number of benzene rings is 2. The number of hydrogen-bond acceptors (Lipinski definition) is 4. The Kier molecular flexibility index (Phi) is 8.33. The lowest BCUT2D eigenvalue weighted by atomic mass is 9.79. The minimum Gasteiger partial charge on any atom is -0.508 e. The maximum Gasteiger partial charge on any atom is 0.309 e. The monoisotopic (exact) mass is 412 g/mol. The van der Waals surface area contributed by atoms with E-state index in [1.807, 2.05) is 52.0 Å². The fourth-order valence-electron chi connectivity index (χ4n) is 3.80. The molecule has 3 unspecified atom stereocenters. The quantitative estimate of drug-likeness (QED) is 0.482. The lowest BCUT2D eigenvalue weighted by Crippen LogP contribution is -2.28. The van der Waals surface area contributed by atoms with Gasteiger partial charge in [-0.2, -0.15) is 0 Å². The summed E-state index contributed by atoms with van der Waals surface area (Å²) in [5.74, 6) is 1.29. The highest BCUT2D eigenvalue weighted by Gasteiger charge is 2.27. The summed E-state index contributed by atoms with van der Waals surface area (Å²) in [6.45, 7) is 9.83. The Hall–Kier alpha value is -2.49. The molecule has 0 saturated carbocycles. The second-order valence-corrected chi connectivity index (χ2v) is 9.07. The molecule has 0 aliphatic rings. The van der Waals surface area contributed by atoms with E-state index in [-0.39, 0.29) is 23.6 Å². The van der Waals surface area contributed by atoms with Crippen LogP contribution < -0.4 is 4.74 Å². The van der Waals surface area contributed by atoms with E-state index in [0.29, 0.717) is 5.92 Å². The standard InChI is InChI=1S/C26H36O4/c1-7-19(20-8-12-23(27)13-9-20)17-22(21-10-14-24(29-6)15-11-21)16-18(2)25(28)30-26(3,4)5/h8-15,18-19,22,27H,7,16-17H2,1-6H3. The van der Waals surface area contributed by atoms with Crippen LogP contribution in [0.3, 0.4) is 0 Å². The highest BCUT2D eigenvalue weighted by atomic mass is 16.6. The van der Waals surface area contributed by atoms with E-state index in [1.54, 1.807) is 19.2 Å². The summed E-state index contributed by atoms with van der Waals surface area (Å²) in [6, 6.07) is 15.6. The third-order valence-corrected chi connectivity index (χ3v) is 5.46. The smallest absolute Gasteiger partial charge is 0.309 e. The van der Waals surface area contributed by atoms with Crippen LogP contribution in [0, 0.1) is 5.92 Å². The first-order valence-corrected chi connectivity index (χ1v) is 10.8. The van der Waals surface area contributed by atoms with Gasteiger partial charge in [-0.05, 0) is 87.3 Å². The lowest BCUT2D eigenvalue weighted by molar-refractivity contribution is -0.159. The van der Waals surface area contributed by atoms with Crippen molar-refractivity contribution < 1.29 is 19.4 Å². The van der Waals surface area contributed by atoms with E-state index in [9.17, 15) is 9.90 Å². The average Bonchev–Trinajstić information content (AvgIpc) is 2.70. The number of esters is 1. The van der Waals surface area contributed by atoms with Crippen LogP contribution >= 0.6 is 0 Å². The summed E-state index contributed by atoms with van der Waals surface area (Å²) >= 11 is 0. The minimum absolute atomic E-state index is 0.154. The molecule has 30 heavy (non-hydrogen) atoms. The van der Waals surface area contributed by atoms with Gasteiger partial charge in [-0.3, -0.25) is 4.79 Å². The number of aromatic hydroxyl groups is 1. The summed E-state index contributed by atoms with van der Waals surface area (Å²) in [5.41, 5.74) is 1.92. The Labute approximate surface area is 181 Å². The summed E-state index contributed by atoms with van der Waals surface area (Å²) in [6.07, 6.45) is 2.62. The van der Waals surface area contributed by atoms with Crippen molar-refractivity contribution in [3.05, 3.63) is 59.7 Å². The third kappa shape index (κ3) is 7.08. The molecule has 2 aromatic rings. The van der Waals surface area contributed by atoms with Crippen LogP contribution in [-0.4, -0.2) is 23.8 Å². The zero-order valence-electron chi connectivity index (χ0n) is 19.1. The number of ether oxygens (including phenoxy) is 2. The van der Waals surface area contributed by atoms with Gasteiger partial charge in [0.25, 0.3) is 0 Å². The van der Waals surface area contributed by atoms with Gasteiger partial charge < -0.3 is 14.6 Å². The van der Waals surface area contributed by atoms with Crippen molar-refractivity contribution in [2.45, 2.75) is 71.3 Å². The highest BCUT2D eigenvalue weighted by molar-refractivity contribution is 5.72. The van der Waals surface area contributed by atoms with E-state index in [4.69, 9.17) is 9.47 Å². The first-order chi connectivity index (χ1) is 14.1. The van der Waals surface area contributed by atoms with E-state index in [1.165, 1.54) is 11.1 Å². The Morgan fingerprint density at radius 2 is 1.47 bits per heavy atom. The van der Waals surface area contributed by atoms with Gasteiger partial charge in [0.2, 0.25) is 0 Å². The molecule has 1 N–H and O–H groups in total. The SMILES string of the molecule is CCC(CC(CC(C)C(=O)OC(C)(C)C)c1ccc(OC)cc1)c1ccc(O)cc1. The van der Waals surface area contributed by atoms with Crippen LogP contribution in [0.1, 0.15) is 76.8 Å². The molecule has 2 rings (SSSR count). The number of hydrogen-bond donors (Lipinski definition) is 1. The first kappa shape index (κ1) is 23.8. The van der Waals surface area contributed by atoms with Crippen molar-refractivity contribution in [2.75, 3.05) is 7.11 Å². The Balaban J connectivity index is 2.25. The molecule has 0 aliphatic carbocycles. The van der Waals surface area contributed by atoms with Crippen molar-refractivity contribution in [1.82, 2.24) is 0 Å². The number of methoxy groups -OCH3 is 1. The van der Waals surface area contributed by atoms with E-state index in [0.717, 1.165) is 25.0 Å². The van der Waals surface area contributed by atoms with Gasteiger partial charge in [0.1, 0.15) is 17.1 Å². The molecule has 0 heterocycles. The molecule has 0 saturated heterocycles. The zero-order chi connectivity index (χ0) is 22.3. The molecule has 0 fully saturated rings. The number of rotatable bonds is 9. The summed E-state index contributed by atoms with van der Waals surface area (Å²) in [4.78, 5) is 12.6. The van der Waals surface area contributed by atoms with E-state index >= 15 is 0 Å². The fraction of sp³-hybridized carbons (Fsp3) is 0.500. The first-order valence-electron chi connectivity index (χ1n) is 10.8. The number of phenolic OH excluding ortho intramolecular Hbond substituents is 1. The predicted molar refractivity (Wildman–Crippen MR) is 121 cm³/mol. The lowest BCUT2D eigenvalue weighted by Gasteiger charge is -2.27. The van der Waals surface area contributed by atoms with E-state index in [2.05, 4.69) is 19.1 Å². The molecule has 164 valence electrons. The maximum absolute atomic E-state index is 12.6. The minimum atomic E-state index is -0.487. The topological polar surface area (TPSA) is 55.8 Å². The van der Waals surface area contributed by atoms with Crippen LogP contribution in [0.4, 0.5) is 0 Å². The normalized spacial score (nSPS) is 14.6. The molecule has 0 spiro atoms. The van der Waals surface area contributed by atoms with Crippen molar-refractivity contribution in [3.8, 4) is 11.5 Å². The maximum atomic E-state index is 12.6. The van der Waals surface area contributed by atoms with Crippen LogP contribution in [-0.2, 0) is 9.53 Å². The number of carbonyl (C=O) groups is 1. The van der Waals surface area contributed by atoms with Crippen LogP contribution in [0.15, 0.2) is 48.5 Å². The van der Waals surface area contributed by atoms with Crippen molar-refractivity contribution in [2.24, 2.45) is 5.92 Å². The fourth-order valence-corrected chi connectivity index (χ4v) is 3.80. The summed E-state index contributed by atoms with van der Waals surface area (Å²) < 4.78 is 10.9. The molecular weight excluding hydrogens is 376 g/mol.